The Morgan fingerprint density at radius 3 is 2.37 bits per heavy atom. The molecular formula is C19H21Cl2F3N6O3SSi. The molecule has 1 aromatic carbocycles. The smallest absolute Gasteiger partial charge is 0.361 e. The lowest BCUT2D eigenvalue weighted by molar-refractivity contribution is -0.392. The van der Waals surface area contributed by atoms with Crippen LogP contribution < -0.4 is 0 Å². The van der Waals surface area contributed by atoms with Gasteiger partial charge in [0.25, 0.3) is 5.82 Å². The molecule has 0 aliphatic heterocycles. The number of aromatic nitrogens is 5. The molecule has 0 bridgehead atoms. The number of benzene rings is 1. The molecule has 16 heteroatoms. The minimum absolute atomic E-state index is 0.00845. The molecule has 0 atom stereocenters. The molecule has 0 amide bonds. The molecule has 0 unspecified atom stereocenters. The predicted molar refractivity (Wildman–Crippen MR) is 130 cm³/mol. The number of nitrogens with zero attached hydrogens (tertiary/aromatic N) is 6. The molecule has 0 N–H and O–H groups in total. The predicted octanol–water partition coefficient (Wildman–Crippen LogP) is 6.40. The number of thioether (sulfide) groups is 1. The SMILES string of the molecule is CSc1c([N+](=O)[O-])nc(-c2cnn(-c3c(Cl)cc(C(F)(F)F)cc3Cl)n2)n1COCC[Si](C)(C)C. The minimum atomic E-state index is -4.64. The summed E-state index contributed by atoms with van der Waals surface area (Å²) in [6, 6.07) is 2.33. The number of hydrogen-bond donors (Lipinski definition) is 0. The number of nitro groups is 1. The fraction of sp³-hybridized carbons (Fsp3) is 0.421. The van der Waals surface area contributed by atoms with E-state index < -0.39 is 24.7 Å². The van der Waals surface area contributed by atoms with Gasteiger partial charge in [-0.25, -0.2) is 0 Å². The van der Waals surface area contributed by atoms with Crippen molar-refractivity contribution in [2.75, 3.05) is 12.9 Å². The van der Waals surface area contributed by atoms with Crippen molar-refractivity contribution >= 4 is 48.9 Å². The zero-order valence-corrected chi connectivity index (χ0v) is 22.4. The first-order valence-electron chi connectivity index (χ1n) is 10.1. The van der Waals surface area contributed by atoms with Gasteiger partial charge in [-0.1, -0.05) is 42.8 Å². The van der Waals surface area contributed by atoms with Gasteiger partial charge in [-0.3, -0.25) is 4.57 Å². The fourth-order valence-electron chi connectivity index (χ4n) is 2.99. The molecule has 3 aromatic rings. The van der Waals surface area contributed by atoms with E-state index in [2.05, 4.69) is 34.8 Å². The quantitative estimate of drug-likeness (QED) is 0.0967. The van der Waals surface area contributed by atoms with E-state index in [1.54, 1.807) is 6.26 Å². The summed E-state index contributed by atoms with van der Waals surface area (Å²) in [7, 11) is -1.35. The molecule has 0 radical (unpaired) electrons. The van der Waals surface area contributed by atoms with Crippen molar-refractivity contribution < 1.29 is 22.8 Å². The summed E-state index contributed by atoms with van der Waals surface area (Å²) in [4.78, 5) is 16.0. The van der Waals surface area contributed by atoms with Crippen LogP contribution in [0, 0.1) is 10.1 Å². The first-order valence-corrected chi connectivity index (χ1v) is 15.8. The number of alkyl halides is 3. The average Bonchev–Trinajstić information content (AvgIpc) is 3.33. The Hall–Kier alpha value is -2.13. The van der Waals surface area contributed by atoms with Crippen LogP contribution in [-0.2, 0) is 17.6 Å². The Balaban J connectivity index is 2.01. The van der Waals surface area contributed by atoms with Crippen molar-refractivity contribution in [1.29, 1.82) is 0 Å². The summed E-state index contributed by atoms with van der Waals surface area (Å²) < 4.78 is 46.4. The summed E-state index contributed by atoms with van der Waals surface area (Å²) in [6.07, 6.45) is -1.70. The van der Waals surface area contributed by atoms with Crippen LogP contribution in [0.15, 0.2) is 23.4 Å². The summed E-state index contributed by atoms with van der Waals surface area (Å²) in [6.45, 7) is 7.07. The summed E-state index contributed by atoms with van der Waals surface area (Å²) in [5.41, 5.74) is -0.972. The highest BCUT2D eigenvalue weighted by Gasteiger charge is 2.33. The van der Waals surface area contributed by atoms with Crippen LogP contribution in [0.2, 0.25) is 35.7 Å². The number of imidazole rings is 1. The highest BCUT2D eigenvalue weighted by atomic mass is 35.5. The first kappa shape index (κ1) is 27.5. The molecule has 0 fully saturated rings. The highest BCUT2D eigenvalue weighted by molar-refractivity contribution is 7.98. The lowest BCUT2D eigenvalue weighted by Crippen LogP contribution is -2.22. The lowest BCUT2D eigenvalue weighted by Gasteiger charge is -2.16. The van der Waals surface area contributed by atoms with Gasteiger partial charge in [-0.15, -0.1) is 21.7 Å². The van der Waals surface area contributed by atoms with Crippen molar-refractivity contribution in [3.8, 4) is 17.2 Å². The third kappa shape index (κ3) is 6.36. The number of halogens is 5. The number of rotatable bonds is 9. The molecule has 35 heavy (non-hydrogen) atoms. The second-order valence-electron chi connectivity index (χ2n) is 8.61. The Kier molecular flexibility index (Phi) is 8.21. The van der Waals surface area contributed by atoms with E-state index in [1.165, 1.54) is 10.8 Å². The Labute approximate surface area is 213 Å². The van der Waals surface area contributed by atoms with Gasteiger partial charge in [-0.05, 0) is 34.3 Å². The maximum Gasteiger partial charge on any atom is 0.416 e. The molecule has 190 valence electrons. The second kappa shape index (κ2) is 10.5. The first-order chi connectivity index (χ1) is 16.2. The fourth-order valence-corrected chi connectivity index (χ4v) is 5.05. The summed E-state index contributed by atoms with van der Waals surface area (Å²) in [5.74, 6) is -0.263. The highest BCUT2D eigenvalue weighted by Crippen LogP contribution is 2.38. The van der Waals surface area contributed by atoms with E-state index in [9.17, 15) is 23.3 Å². The number of ether oxygens (including phenoxy) is 1. The van der Waals surface area contributed by atoms with Crippen molar-refractivity contribution in [2.45, 2.75) is 43.6 Å². The van der Waals surface area contributed by atoms with Crippen molar-refractivity contribution in [3.05, 3.63) is 44.1 Å². The van der Waals surface area contributed by atoms with E-state index >= 15 is 0 Å². The van der Waals surface area contributed by atoms with Crippen LogP contribution in [0.5, 0.6) is 0 Å². The molecular weight excluding hydrogens is 548 g/mol. The van der Waals surface area contributed by atoms with Crippen LogP contribution in [0.4, 0.5) is 19.0 Å². The second-order valence-corrected chi connectivity index (χ2v) is 15.8. The van der Waals surface area contributed by atoms with E-state index in [0.29, 0.717) is 6.61 Å². The normalized spacial score (nSPS) is 12.4. The van der Waals surface area contributed by atoms with Gasteiger partial charge in [0, 0.05) is 14.7 Å². The van der Waals surface area contributed by atoms with E-state index in [4.69, 9.17) is 27.9 Å². The summed E-state index contributed by atoms with van der Waals surface area (Å²) >= 11 is 13.2. The Bertz CT molecular complexity index is 1220. The maximum atomic E-state index is 13.1. The molecule has 9 nitrogen and oxygen atoms in total. The van der Waals surface area contributed by atoms with Gasteiger partial charge >= 0.3 is 12.0 Å². The Morgan fingerprint density at radius 2 is 1.86 bits per heavy atom. The molecule has 0 aliphatic carbocycles. The van der Waals surface area contributed by atoms with Crippen LogP contribution in [0.1, 0.15) is 5.56 Å². The van der Waals surface area contributed by atoms with Crippen molar-refractivity contribution in [2.24, 2.45) is 0 Å². The topological polar surface area (TPSA) is 101 Å². The van der Waals surface area contributed by atoms with Crippen molar-refractivity contribution in [1.82, 2.24) is 24.5 Å². The third-order valence-electron chi connectivity index (χ3n) is 4.75. The van der Waals surface area contributed by atoms with Crippen LogP contribution in [-0.4, -0.2) is 50.4 Å². The molecule has 2 aromatic heterocycles. The van der Waals surface area contributed by atoms with Crippen LogP contribution in [0.3, 0.4) is 0 Å². The monoisotopic (exact) mass is 568 g/mol. The van der Waals surface area contributed by atoms with E-state index in [1.807, 2.05) is 0 Å². The van der Waals surface area contributed by atoms with Gasteiger partial charge in [0.05, 0.1) is 21.8 Å². The standard InChI is InChI=1S/C19H21Cl2F3N6O3SSi/c1-34-18-17(30(31)32)26-16(28(18)10-33-5-6-35(2,3)4)14-9-25-29(27-14)15-12(20)7-11(8-13(15)21)19(22,23)24/h7-9H,5-6,10H2,1-4H3. The van der Waals surface area contributed by atoms with Crippen LogP contribution >= 0.6 is 35.0 Å². The minimum Gasteiger partial charge on any atom is -0.361 e. The van der Waals surface area contributed by atoms with Crippen LogP contribution in [0.25, 0.3) is 17.2 Å². The lowest BCUT2D eigenvalue weighted by atomic mass is 10.2. The average molecular weight is 569 g/mol. The Morgan fingerprint density at radius 1 is 1.23 bits per heavy atom. The van der Waals surface area contributed by atoms with Gasteiger partial charge in [-0.2, -0.15) is 18.3 Å². The van der Waals surface area contributed by atoms with Gasteiger partial charge < -0.3 is 14.9 Å². The molecule has 0 saturated heterocycles. The third-order valence-corrected chi connectivity index (χ3v) is 7.82. The molecule has 0 aliphatic rings. The molecule has 2 heterocycles. The van der Waals surface area contributed by atoms with Gasteiger partial charge in [0.1, 0.15) is 12.4 Å². The maximum absolute atomic E-state index is 13.1. The zero-order chi connectivity index (χ0) is 26.1. The molecule has 0 spiro atoms. The molecule has 3 rings (SSSR count). The van der Waals surface area contributed by atoms with E-state index in [0.717, 1.165) is 34.7 Å². The number of hydrogen-bond acceptors (Lipinski definition) is 7. The molecule has 0 saturated carbocycles. The zero-order valence-electron chi connectivity index (χ0n) is 19.1. The summed E-state index contributed by atoms with van der Waals surface area (Å²) in [5, 5.41) is 19.5. The largest absolute Gasteiger partial charge is 0.416 e. The van der Waals surface area contributed by atoms with E-state index in [-0.39, 0.29) is 44.8 Å². The van der Waals surface area contributed by atoms with Crippen molar-refractivity contribution in [3.63, 3.8) is 0 Å². The van der Waals surface area contributed by atoms with Gasteiger partial charge in [0.15, 0.2) is 10.7 Å². The van der Waals surface area contributed by atoms with Gasteiger partial charge in [0.2, 0.25) is 0 Å².